The van der Waals surface area contributed by atoms with Crippen LogP contribution in [-0.2, 0) is 17.8 Å². The molecule has 2 heterocycles. The molecule has 2 aliphatic rings. The highest BCUT2D eigenvalue weighted by molar-refractivity contribution is 6.30. The number of fused-ring (bicyclic) bond motifs is 1. The average Bonchev–Trinajstić information content (AvgIpc) is 3.37. The Morgan fingerprint density at radius 3 is 2.33 bits per heavy atom. The molecule has 1 saturated heterocycles. The molecule has 0 radical (unpaired) electrons. The molecule has 8 heteroatoms. The lowest BCUT2D eigenvalue weighted by Gasteiger charge is -2.36. The van der Waals surface area contributed by atoms with Crippen LogP contribution in [-0.4, -0.2) is 60.6 Å². The number of carbonyl (C=O) groups is 2. The number of hydrogen-bond donors (Lipinski definition) is 1. The van der Waals surface area contributed by atoms with Crippen molar-refractivity contribution in [1.29, 1.82) is 0 Å². The molecule has 5 rings (SSSR count). The number of nitrogens with one attached hydrogen (secondary N) is 1. The van der Waals surface area contributed by atoms with Crippen molar-refractivity contribution in [3.8, 4) is 11.5 Å². The molecule has 1 N–H and O–H groups in total. The van der Waals surface area contributed by atoms with Crippen LogP contribution in [0.25, 0.3) is 0 Å². The Bertz CT molecular complexity index is 1210. The maximum absolute atomic E-state index is 13.6. The van der Waals surface area contributed by atoms with Crippen molar-refractivity contribution >= 4 is 23.4 Å². The number of nitrogens with zero attached hydrogens (tertiary/aromatic N) is 2. The molecule has 1 fully saturated rings. The molecule has 1 unspecified atom stereocenters. The van der Waals surface area contributed by atoms with Crippen LogP contribution in [0, 0.1) is 0 Å². The minimum absolute atomic E-state index is 0.0658. The Kier molecular flexibility index (Phi) is 7.39. The second-order valence-corrected chi connectivity index (χ2v) is 9.45. The maximum Gasteiger partial charge on any atom is 0.251 e. The van der Waals surface area contributed by atoms with Crippen LogP contribution in [0.2, 0.25) is 5.02 Å². The van der Waals surface area contributed by atoms with Crippen molar-refractivity contribution in [1.82, 2.24) is 15.1 Å². The number of ether oxygens (including phenoxy) is 2. The zero-order chi connectivity index (χ0) is 24.9. The van der Waals surface area contributed by atoms with E-state index in [0.29, 0.717) is 30.1 Å². The molecule has 2 aliphatic heterocycles. The Labute approximate surface area is 215 Å². The number of rotatable bonds is 7. The van der Waals surface area contributed by atoms with E-state index in [4.69, 9.17) is 21.1 Å². The molecule has 0 aromatic heterocycles. The number of benzene rings is 3. The highest BCUT2D eigenvalue weighted by atomic mass is 35.5. The standard InChI is InChI=1S/C28H28ClN3O4/c29-23-9-7-22(8-10-23)27(33)30-24(16-20-4-2-1-3-5-20)28(34)32-14-12-31(13-15-32)18-21-6-11-25-26(17-21)36-19-35-25/h1-11,17,24H,12-16,18-19H2,(H,30,33). The predicted molar refractivity (Wildman–Crippen MR) is 137 cm³/mol. The van der Waals surface area contributed by atoms with Gasteiger partial charge in [-0.3, -0.25) is 14.5 Å². The van der Waals surface area contributed by atoms with Crippen molar-refractivity contribution in [2.45, 2.75) is 19.0 Å². The molecule has 186 valence electrons. The van der Waals surface area contributed by atoms with Gasteiger partial charge in [0.15, 0.2) is 11.5 Å². The highest BCUT2D eigenvalue weighted by Gasteiger charge is 2.29. The van der Waals surface area contributed by atoms with Gasteiger partial charge in [-0.05, 0) is 47.5 Å². The SMILES string of the molecule is O=C(NC(Cc1ccccc1)C(=O)N1CCN(Cc2ccc3c(c2)OCO3)CC1)c1ccc(Cl)cc1. The molecule has 3 aromatic carbocycles. The third-order valence-corrected chi connectivity index (χ3v) is 6.77. The van der Waals surface area contributed by atoms with Gasteiger partial charge in [0.25, 0.3) is 5.91 Å². The summed E-state index contributed by atoms with van der Waals surface area (Å²) in [5.74, 6) is 1.20. The molecule has 1 atom stereocenters. The molecule has 0 aliphatic carbocycles. The van der Waals surface area contributed by atoms with Crippen molar-refractivity contribution in [2.75, 3.05) is 33.0 Å². The summed E-state index contributed by atoms with van der Waals surface area (Å²) in [5, 5.41) is 3.52. The summed E-state index contributed by atoms with van der Waals surface area (Å²) in [5.41, 5.74) is 2.61. The summed E-state index contributed by atoms with van der Waals surface area (Å²) in [6, 6.07) is 21.8. The summed E-state index contributed by atoms with van der Waals surface area (Å²) in [4.78, 5) is 30.7. The Morgan fingerprint density at radius 1 is 0.861 bits per heavy atom. The second-order valence-electron chi connectivity index (χ2n) is 9.01. The first-order valence-corrected chi connectivity index (χ1v) is 12.4. The third-order valence-electron chi connectivity index (χ3n) is 6.52. The zero-order valence-corrected chi connectivity index (χ0v) is 20.6. The van der Waals surface area contributed by atoms with Crippen molar-refractivity contribution < 1.29 is 19.1 Å². The smallest absolute Gasteiger partial charge is 0.251 e. The predicted octanol–water partition coefficient (Wildman–Crippen LogP) is 3.75. The van der Waals surface area contributed by atoms with Gasteiger partial charge in [0.2, 0.25) is 12.7 Å². The van der Waals surface area contributed by atoms with E-state index in [0.717, 1.165) is 42.3 Å². The highest BCUT2D eigenvalue weighted by Crippen LogP contribution is 2.32. The van der Waals surface area contributed by atoms with E-state index in [9.17, 15) is 9.59 Å². The molecule has 3 aromatic rings. The van der Waals surface area contributed by atoms with Crippen molar-refractivity contribution in [2.24, 2.45) is 0 Å². The van der Waals surface area contributed by atoms with Gasteiger partial charge in [-0.25, -0.2) is 0 Å². The summed E-state index contributed by atoms with van der Waals surface area (Å²) in [6.07, 6.45) is 0.427. The average molecular weight is 506 g/mol. The van der Waals surface area contributed by atoms with Crippen molar-refractivity contribution in [3.63, 3.8) is 0 Å². The van der Waals surface area contributed by atoms with Gasteiger partial charge in [0.1, 0.15) is 6.04 Å². The summed E-state index contributed by atoms with van der Waals surface area (Å²) >= 11 is 5.96. The topological polar surface area (TPSA) is 71.1 Å². The van der Waals surface area contributed by atoms with E-state index < -0.39 is 6.04 Å². The van der Waals surface area contributed by atoms with Gasteiger partial charge in [0, 0.05) is 49.7 Å². The van der Waals surface area contributed by atoms with Crippen molar-refractivity contribution in [3.05, 3.63) is 94.5 Å². The van der Waals surface area contributed by atoms with E-state index in [-0.39, 0.29) is 18.6 Å². The number of piperazine rings is 1. The lowest BCUT2D eigenvalue weighted by molar-refractivity contribution is -0.135. The molecule has 2 amide bonds. The summed E-state index contributed by atoms with van der Waals surface area (Å²) in [7, 11) is 0. The minimum Gasteiger partial charge on any atom is -0.454 e. The van der Waals surface area contributed by atoms with Crippen LogP contribution in [0.4, 0.5) is 0 Å². The lowest BCUT2D eigenvalue weighted by atomic mass is 10.0. The molecular weight excluding hydrogens is 478 g/mol. The Hall–Kier alpha value is -3.55. The monoisotopic (exact) mass is 505 g/mol. The number of hydrogen-bond acceptors (Lipinski definition) is 5. The molecule has 36 heavy (non-hydrogen) atoms. The molecule has 0 bridgehead atoms. The largest absolute Gasteiger partial charge is 0.454 e. The van der Waals surface area contributed by atoms with Crippen LogP contribution in [0.5, 0.6) is 11.5 Å². The first-order valence-electron chi connectivity index (χ1n) is 12.1. The maximum atomic E-state index is 13.6. The van der Waals surface area contributed by atoms with E-state index in [1.807, 2.05) is 53.4 Å². The summed E-state index contributed by atoms with van der Waals surface area (Å²) < 4.78 is 10.9. The van der Waals surface area contributed by atoms with Crippen LogP contribution in [0.15, 0.2) is 72.8 Å². The van der Waals surface area contributed by atoms with Crippen LogP contribution in [0.1, 0.15) is 21.5 Å². The van der Waals surface area contributed by atoms with E-state index >= 15 is 0 Å². The molecule has 0 saturated carbocycles. The zero-order valence-electron chi connectivity index (χ0n) is 19.9. The third kappa shape index (κ3) is 5.80. The Morgan fingerprint density at radius 2 is 1.58 bits per heavy atom. The van der Waals surface area contributed by atoms with Crippen LogP contribution < -0.4 is 14.8 Å². The minimum atomic E-state index is -0.656. The number of halogens is 1. The van der Waals surface area contributed by atoms with Gasteiger partial charge in [0.05, 0.1) is 0 Å². The normalized spacial score (nSPS) is 16.0. The van der Waals surface area contributed by atoms with Gasteiger partial charge in [-0.15, -0.1) is 0 Å². The molecule has 0 spiro atoms. The van der Waals surface area contributed by atoms with E-state index in [2.05, 4.69) is 10.2 Å². The van der Waals surface area contributed by atoms with Gasteiger partial charge >= 0.3 is 0 Å². The number of amides is 2. The van der Waals surface area contributed by atoms with Gasteiger partial charge < -0.3 is 19.7 Å². The molecule has 7 nitrogen and oxygen atoms in total. The second kappa shape index (κ2) is 11.0. The summed E-state index contributed by atoms with van der Waals surface area (Å²) in [6.45, 7) is 3.75. The quantitative estimate of drug-likeness (QED) is 0.529. The molecular formula is C28H28ClN3O4. The fraction of sp³-hybridized carbons (Fsp3) is 0.286. The Balaban J connectivity index is 1.22. The van der Waals surface area contributed by atoms with E-state index in [1.54, 1.807) is 24.3 Å². The van der Waals surface area contributed by atoms with Crippen LogP contribution in [0.3, 0.4) is 0 Å². The van der Waals surface area contributed by atoms with Crippen LogP contribution >= 0.6 is 11.6 Å². The lowest BCUT2D eigenvalue weighted by Crippen LogP contribution is -2.55. The first-order chi connectivity index (χ1) is 17.5. The fourth-order valence-corrected chi connectivity index (χ4v) is 4.66. The number of carbonyl (C=O) groups excluding carboxylic acids is 2. The van der Waals surface area contributed by atoms with Gasteiger partial charge in [-0.1, -0.05) is 48.0 Å². The first kappa shape index (κ1) is 24.2. The van der Waals surface area contributed by atoms with Gasteiger partial charge in [-0.2, -0.15) is 0 Å². The fourth-order valence-electron chi connectivity index (χ4n) is 4.54. The van der Waals surface area contributed by atoms with E-state index in [1.165, 1.54) is 0 Å².